The van der Waals surface area contributed by atoms with E-state index in [-0.39, 0.29) is 0 Å². The van der Waals surface area contributed by atoms with Gasteiger partial charge in [0.05, 0.1) is 0 Å². The van der Waals surface area contributed by atoms with E-state index in [0.29, 0.717) is 0 Å². The molecular formula is C48H90N. The first-order chi connectivity index (χ1) is 24.3. The first-order valence-corrected chi connectivity index (χ1v) is 23.1. The normalized spacial score (nSPS) is 11.6. The van der Waals surface area contributed by atoms with Crippen LogP contribution in [0.3, 0.4) is 0 Å². The van der Waals surface area contributed by atoms with Gasteiger partial charge in [-0.3, -0.25) is 4.98 Å². The largest absolute Gasteiger partial charge is 0.258 e. The summed E-state index contributed by atoms with van der Waals surface area (Å²) in [5.74, 6) is 0. The minimum Gasteiger partial charge on any atom is -0.258 e. The number of pyridine rings is 1. The summed E-state index contributed by atoms with van der Waals surface area (Å²) >= 11 is 0. The molecule has 1 rings (SSSR count). The SMILES string of the molecule is [CH2]CCc1cc(CCCCCCCCCCCCCCCCCCCC)nc(CCCCCCCCCCCCCCCCCCCC)c1. The van der Waals surface area contributed by atoms with Crippen LogP contribution in [0.1, 0.15) is 268 Å². The van der Waals surface area contributed by atoms with Gasteiger partial charge in [0.1, 0.15) is 0 Å². The number of rotatable bonds is 40. The summed E-state index contributed by atoms with van der Waals surface area (Å²) in [6.07, 6.45) is 56.2. The molecule has 0 atom stereocenters. The molecule has 1 heterocycles. The van der Waals surface area contributed by atoms with Gasteiger partial charge in [-0.15, -0.1) is 0 Å². The van der Waals surface area contributed by atoms with Crippen LogP contribution in [0.15, 0.2) is 12.1 Å². The average molecular weight is 681 g/mol. The van der Waals surface area contributed by atoms with E-state index in [2.05, 4.69) is 32.9 Å². The maximum absolute atomic E-state index is 5.12. The minimum absolute atomic E-state index is 0.987. The Balaban J connectivity index is 1.98. The lowest BCUT2D eigenvalue weighted by Gasteiger charge is -2.09. The monoisotopic (exact) mass is 681 g/mol. The van der Waals surface area contributed by atoms with Gasteiger partial charge in [0.25, 0.3) is 0 Å². The smallest absolute Gasteiger partial charge is 0.0409 e. The van der Waals surface area contributed by atoms with Crippen molar-refractivity contribution in [3.63, 3.8) is 0 Å². The molecular weight excluding hydrogens is 591 g/mol. The topological polar surface area (TPSA) is 12.9 Å². The van der Waals surface area contributed by atoms with Gasteiger partial charge in [0.15, 0.2) is 0 Å². The highest BCUT2D eigenvalue weighted by Gasteiger charge is 2.05. The Kier molecular flexibility index (Phi) is 36.2. The zero-order valence-electron chi connectivity index (χ0n) is 34.1. The van der Waals surface area contributed by atoms with Crippen LogP contribution in [-0.2, 0) is 19.3 Å². The second kappa shape index (κ2) is 38.4. The molecule has 1 nitrogen and oxygen atoms in total. The molecule has 1 aromatic heterocycles. The van der Waals surface area contributed by atoms with Crippen molar-refractivity contribution in [2.24, 2.45) is 0 Å². The maximum Gasteiger partial charge on any atom is 0.0409 e. The number of hydrogen-bond donors (Lipinski definition) is 0. The first-order valence-electron chi connectivity index (χ1n) is 23.1. The fourth-order valence-corrected chi connectivity index (χ4v) is 7.74. The summed E-state index contributed by atoms with van der Waals surface area (Å²) in [6, 6.07) is 4.77. The molecule has 287 valence electrons. The van der Waals surface area contributed by atoms with Crippen LogP contribution in [0.4, 0.5) is 0 Å². The van der Waals surface area contributed by atoms with Gasteiger partial charge in [-0.2, -0.15) is 0 Å². The molecule has 0 aliphatic rings. The van der Waals surface area contributed by atoms with Crippen molar-refractivity contribution in [2.45, 2.75) is 271 Å². The van der Waals surface area contributed by atoms with Gasteiger partial charge >= 0.3 is 0 Å². The third-order valence-electron chi connectivity index (χ3n) is 11.0. The van der Waals surface area contributed by atoms with Crippen LogP contribution in [-0.4, -0.2) is 4.98 Å². The zero-order chi connectivity index (χ0) is 35.1. The minimum atomic E-state index is 0.987. The average Bonchev–Trinajstić information content (AvgIpc) is 3.10. The Bertz CT molecular complexity index is 710. The van der Waals surface area contributed by atoms with Crippen molar-refractivity contribution >= 4 is 0 Å². The lowest BCUT2D eigenvalue weighted by molar-refractivity contribution is 0.524. The molecule has 0 N–H and O–H groups in total. The molecule has 0 spiro atoms. The lowest BCUT2D eigenvalue weighted by atomic mass is 10.0. The van der Waals surface area contributed by atoms with Crippen LogP contribution in [0.5, 0.6) is 0 Å². The summed E-state index contributed by atoms with van der Waals surface area (Å²) in [5.41, 5.74) is 4.17. The third kappa shape index (κ3) is 32.8. The molecule has 0 aromatic carbocycles. The lowest BCUT2D eigenvalue weighted by Crippen LogP contribution is -2.00. The van der Waals surface area contributed by atoms with E-state index in [1.807, 2.05) is 0 Å². The molecule has 0 saturated heterocycles. The number of unbranched alkanes of at least 4 members (excludes halogenated alkanes) is 34. The Hall–Kier alpha value is -0.850. The van der Waals surface area contributed by atoms with Crippen molar-refractivity contribution in [2.75, 3.05) is 0 Å². The van der Waals surface area contributed by atoms with Crippen molar-refractivity contribution in [3.8, 4) is 0 Å². The van der Waals surface area contributed by atoms with Crippen LogP contribution in [0.2, 0.25) is 0 Å². The number of aryl methyl sites for hydroxylation is 3. The highest BCUT2D eigenvalue weighted by molar-refractivity contribution is 5.22. The molecule has 49 heavy (non-hydrogen) atoms. The van der Waals surface area contributed by atoms with Crippen LogP contribution in [0, 0.1) is 6.92 Å². The zero-order valence-corrected chi connectivity index (χ0v) is 34.1. The van der Waals surface area contributed by atoms with Gasteiger partial charge in [-0.1, -0.05) is 239 Å². The molecule has 0 unspecified atom stereocenters. The van der Waals surface area contributed by atoms with Gasteiger partial charge < -0.3 is 0 Å². The molecule has 0 aliphatic carbocycles. The van der Waals surface area contributed by atoms with E-state index < -0.39 is 0 Å². The molecule has 1 heteroatoms. The van der Waals surface area contributed by atoms with E-state index in [9.17, 15) is 0 Å². The van der Waals surface area contributed by atoms with Crippen LogP contribution in [0.25, 0.3) is 0 Å². The predicted molar refractivity (Wildman–Crippen MR) is 223 cm³/mol. The van der Waals surface area contributed by atoms with Crippen molar-refractivity contribution < 1.29 is 0 Å². The quantitative estimate of drug-likeness (QED) is 0.0629. The summed E-state index contributed by atoms with van der Waals surface area (Å²) in [5, 5.41) is 0. The molecule has 0 saturated carbocycles. The Labute approximate surface area is 310 Å². The van der Waals surface area contributed by atoms with Crippen LogP contribution < -0.4 is 0 Å². The molecule has 0 bridgehead atoms. The van der Waals surface area contributed by atoms with E-state index in [1.54, 1.807) is 0 Å². The Morgan fingerprint density at radius 1 is 0.327 bits per heavy atom. The standard InChI is InChI=1S/C48H90N/c1-4-7-9-11-13-15-17-19-21-23-25-27-29-31-33-35-37-39-42-47-44-46(41-6-3)45-48(49-47)43-40-38-36-34-32-30-28-26-24-22-20-18-16-14-12-10-8-5-2/h44-45H,3-43H2,1-2H3. The third-order valence-corrected chi connectivity index (χ3v) is 11.0. The molecule has 0 fully saturated rings. The number of nitrogens with zero attached hydrogens (tertiary/aromatic N) is 1. The summed E-state index contributed by atoms with van der Waals surface area (Å²) in [7, 11) is 0. The van der Waals surface area contributed by atoms with E-state index in [0.717, 1.165) is 25.7 Å². The van der Waals surface area contributed by atoms with Gasteiger partial charge in [0, 0.05) is 11.4 Å². The van der Waals surface area contributed by atoms with E-state index in [4.69, 9.17) is 4.98 Å². The fourth-order valence-electron chi connectivity index (χ4n) is 7.74. The number of aromatic nitrogens is 1. The van der Waals surface area contributed by atoms with Crippen molar-refractivity contribution in [3.05, 3.63) is 36.0 Å². The second-order valence-corrected chi connectivity index (χ2v) is 16.1. The summed E-state index contributed by atoms with van der Waals surface area (Å²) in [6.45, 7) is 8.74. The summed E-state index contributed by atoms with van der Waals surface area (Å²) < 4.78 is 0. The number of hydrogen-bond acceptors (Lipinski definition) is 1. The Morgan fingerprint density at radius 3 is 0.776 bits per heavy atom. The van der Waals surface area contributed by atoms with E-state index >= 15 is 0 Å². The van der Waals surface area contributed by atoms with Gasteiger partial charge in [0.2, 0.25) is 0 Å². The molecule has 0 amide bonds. The first kappa shape index (κ1) is 46.2. The fraction of sp³-hybridized carbons (Fsp3) is 0.875. The molecule has 0 aliphatic heterocycles. The highest BCUT2D eigenvalue weighted by Crippen LogP contribution is 2.18. The Morgan fingerprint density at radius 2 is 0.551 bits per heavy atom. The summed E-state index contributed by atoms with van der Waals surface area (Å²) in [4.78, 5) is 5.12. The molecule has 1 radical (unpaired) electrons. The van der Waals surface area contributed by atoms with E-state index in [1.165, 1.54) is 248 Å². The van der Waals surface area contributed by atoms with Crippen LogP contribution >= 0.6 is 0 Å². The van der Waals surface area contributed by atoms with Gasteiger partial charge in [-0.05, 0) is 56.2 Å². The van der Waals surface area contributed by atoms with Gasteiger partial charge in [-0.25, -0.2) is 0 Å². The predicted octanol–water partition coefficient (Wildman–Crippen LogP) is 17.0. The highest BCUT2D eigenvalue weighted by atomic mass is 14.7. The van der Waals surface area contributed by atoms with Crippen molar-refractivity contribution in [1.82, 2.24) is 4.98 Å². The molecule has 1 aromatic rings. The maximum atomic E-state index is 5.12. The second-order valence-electron chi connectivity index (χ2n) is 16.1. The van der Waals surface area contributed by atoms with Crippen molar-refractivity contribution in [1.29, 1.82) is 0 Å².